The third-order valence-corrected chi connectivity index (χ3v) is 13.4. The van der Waals surface area contributed by atoms with Crippen LogP contribution in [0.3, 0.4) is 0 Å². The van der Waals surface area contributed by atoms with Gasteiger partial charge in [-0.15, -0.1) is 0 Å². The van der Waals surface area contributed by atoms with Gasteiger partial charge in [0.15, 0.2) is 23.1 Å². The monoisotopic (exact) mass is 945 g/mol. The van der Waals surface area contributed by atoms with Crippen LogP contribution in [0.25, 0.3) is 21.8 Å². The lowest BCUT2D eigenvalue weighted by Gasteiger charge is -2.26. The summed E-state index contributed by atoms with van der Waals surface area (Å²) in [4.78, 5) is 58.5. The zero-order valence-corrected chi connectivity index (χ0v) is 39.9. The molecule has 73 heavy (non-hydrogen) atoms. The molecule has 0 saturated carbocycles. The van der Waals surface area contributed by atoms with Crippen molar-refractivity contribution < 1.29 is 19.2 Å². The Morgan fingerprint density at radius 3 is 0.740 bits per heavy atom. The molecule has 0 bridgehead atoms. The summed E-state index contributed by atoms with van der Waals surface area (Å²) < 4.78 is 2.31. The molecule has 0 aliphatic rings. The van der Waals surface area contributed by atoms with E-state index in [1.54, 1.807) is 0 Å². The van der Waals surface area contributed by atoms with Gasteiger partial charge in [0.1, 0.15) is 0 Å². The van der Waals surface area contributed by atoms with E-state index in [1.165, 1.54) is 0 Å². The number of nitrogens with zero attached hydrogens (tertiary/aromatic N) is 3. The fourth-order valence-electron chi connectivity index (χ4n) is 9.67. The third kappa shape index (κ3) is 9.03. The minimum absolute atomic E-state index is 0.0608. The number of aryl methyl sites for hydroxylation is 1. The molecule has 10 aromatic carbocycles. The highest BCUT2D eigenvalue weighted by atomic mass is 16.1. The molecule has 1 aromatic heterocycles. The maximum Gasteiger partial charge on any atom is 0.193 e. The SMILES string of the molecule is CCn1c2ccc(N(c3ccc(C(=O)c4ccccc4)cc3)c3ccc(C(=O)c4ccccc4)cc3)cc2c2cc(N(c3ccc(C(=O)c4ccccc4)cc3)c3ccc(C(=O)c4ccccc4)cc3)ccc21. The molecule has 7 nitrogen and oxygen atoms in total. The molecule has 7 heteroatoms. The molecule has 0 N–H and O–H groups in total. The van der Waals surface area contributed by atoms with Crippen molar-refractivity contribution in [2.75, 3.05) is 9.80 Å². The van der Waals surface area contributed by atoms with Crippen molar-refractivity contribution in [1.29, 1.82) is 0 Å². The van der Waals surface area contributed by atoms with Crippen LogP contribution in [-0.4, -0.2) is 27.7 Å². The summed E-state index contributed by atoms with van der Waals surface area (Å²) in [6, 6.07) is 80.7. The standard InChI is InChI=1S/C66H47N3O4/c1-2-67-61-41-39-57(68(53-31-23-49(24-32-53)63(70)45-15-7-3-8-16-45)54-33-25-50(26-34-54)64(71)46-17-9-4-10-18-46)43-59(61)60-44-58(40-42-62(60)67)69(55-35-27-51(28-36-55)65(72)47-19-11-5-12-20-47)56-37-29-52(30-38-56)66(73)48-21-13-6-14-22-48/h3-44H,2H2,1H3. The van der Waals surface area contributed by atoms with Gasteiger partial charge in [-0.05, 0) is 140 Å². The first-order chi connectivity index (χ1) is 35.8. The Kier molecular flexibility index (Phi) is 12.5. The molecule has 0 aliphatic heterocycles. The van der Waals surface area contributed by atoms with Crippen molar-refractivity contribution in [3.05, 3.63) is 299 Å². The van der Waals surface area contributed by atoms with Gasteiger partial charge in [-0.25, -0.2) is 0 Å². The Morgan fingerprint density at radius 2 is 0.507 bits per heavy atom. The van der Waals surface area contributed by atoms with Gasteiger partial charge < -0.3 is 14.4 Å². The van der Waals surface area contributed by atoms with E-state index in [1.807, 2.05) is 218 Å². The second-order valence-corrected chi connectivity index (χ2v) is 17.8. The lowest BCUT2D eigenvalue weighted by Crippen LogP contribution is -2.11. The van der Waals surface area contributed by atoms with Gasteiger partial charge in [0.2, 0.25) is 0 Å². The Balaban J connectivity index is 1.03. The van der Waals surface area contributed by atoms with E-state index in [9.17, 15) is 19.2 Å². The van der Waals surface area contributed by atoms with Gasteiger partial charge in [-0.1, -0.05) is 121 Å². The summed E-state index contributed by atoms with van der Waals surface area (Å²) in [5, 5.41) is 2.06. The predicted octanol–water partition coefficient (Wildman–Crippen LogP) is 15.7. The Morgan fingerprint density at radius 1 is 0.288 bits per heavy atom. The molecular weight excluding hydrogens is 899 g/mol. The number of hydrogen-bond acceptors (Lipinski definition) is 6. The maximum atomic E-state index is 13.6. The number of fused-ring (bicyclic) bond motifs is 3. The first-order valence-corrected chi connectivity index (χ1v) is 24.3. The molecule has 11 aromatic rings. The molecule has 11 rings (SSSR count). The van der Waals surface area contributed by atoms with Crippen LogP contribution in [0.2, 0.25) is 0 Å². The zero-order chi connectivity index (χ0) is 49.8. The molecule has 0 fully saturated rings. The normalized spacial score (nSPS) is 11.1. The van der Waals surface area contributed by atoms with E-state index in [0.717, 1.165) is 62.5 Å². The van der Waals surface area contributed by atoms with E-state index in [4.69, 9.17) is 0 Å². The highest BCUT2D eigenvalue weighted by molar-refractivity contribution is 6.13. The number of carbonyl (C=O) groups excluding carboxylic acids is 4. The summed E-state index contributed by atoms with van der Waals surface area (Å²) in [5.74, 6) is -0.243. The number of ketones is 4. The molecule has 0 spiro atoms. The van der Waals surface area contributed by atoms with Crippen molar-refractivity contribution in [3.63, 3.8) is 0 Å². The third-order valence-electron chi connectivity index (χ3n) is 13.4. The number of benzene rings is 10. The van der Waals surface area contributed by atoms with Crippen molar-refractivity contribution in [2.45, 2.75) is 13.5 Å². The minimum Gasteiger partial charge on any atom is -0.341 e. The topological polar surface area (TPSA) is 79.7 Å². The van der Waals surface area contributed by atoms with Crippen LogP contribution in [0.4, 0.5) is 34.1 Å². The molecule has 0 amide bonds. The lowest BCUT2D eigenvalue weighted by atomic mass is 10.0. The molecule has 0 saturated heterocycles. The van der Waals surface area contributed by atoms with E-state index in [0.29, 0.717) is 44.5 Å². The second kappa shape index (κ2) is 19.9. The Hall–Kier alpha value is -9.72. The Bertz CT molecular complexity index is 3360. The van der Waals surface area contributed by atoms with Crippen LogP contribution in [0.5, 0.6) is 0 Å². The molecule has 0 aliphatic carbocycles. The summed E-state index contributed by atoms with van der Waals surface area (Å²) >= 11 is 0. The van der Waals surface area contributed by atoms with E-state index >= 15 is 0 Å². The predicted molar refractivity (Wildman–Crippen MR) is 294 cm³/mol. The highest BCUT2D eigenvalue weighted by Crippen LogP contribution is 2.42. The van der Waals surface area contributed by atoms with Gasteiger partial charge in [-0.3, -0.25) is 19.2 Å². The smallest absolute Gasteiger partial charge is 0.193 e. The summed E-state index contributed by atoms with van der Waals surface area (Å²) in [7, 11) is 0. The van der Waals surface area contributed by atoms with Crippen molar-refractivity contribution in [2.24, 2.45) is 0 Å². The molecule has 0 unspecified atom stereocenters. The van der Waals surface area contributed by atoms with Crippen LogP contribution in [0.1, 0.15) is 70.6 Å². The van der Waals surface area contributed by atoms with Gasteiger partial charge >= 0.3 is 0 Å². The number of anilines is 6. The summed E-state index contributed by atoms with van der Waals surface area (Å²) in [6.45, 7) is 2.88. The second-order valence-electron chi connectivity index (χ2n) is 17.8. The van der Waals surface area contributed by atoms with Crippen LogP contribution in [0.15, 0.2) is 255 Å². The number of hydrogen-bond donors (Lipinski definition) is 0. The average molecular weight is 946 g/mol. The van der Waals surface area contributed by atoms with Crippen LogP contribution < -0.4 is 9.80 Å². The van der Waals surface area contributed by atoms with E-state index in [-0.39, 0.29) is 23.1 Å². The quantitative estimate of drug-likeness (QED) is 0.0953. The molecular formula is C66H47N3O4. The summed E-state index contributed by atoms with van der Waals surface area (Å²) in [6.07, 6.45) is 0. The van der Waals surface area contributed by atoms with Crippen molar-refractivity contribution in [3.8, 4) is 0 Å². The first-order valence-electron chi connectivity index (χ1n) is 24.3. The van der Waals surface area contributed by atoms with E-state index < -0.39 is 0 Å². The minimum atomic E-state index is -0.0608. The van der Waals surface area contributed by atoms with Crippen LogP contribution in [-0.2, 0) is 6.54 Å². The number of carbonyl (C=O) groups is 4. The van der Waals surface area contributed by atoms with Gasteiger partial charge in [0, 0.05) is 107 Å². The molecule has 350 valence electrons. The largest absolute Gasteiger partial charge is 0.341 e. The average Bonchev–Trinajstić information content (AvgIpc) is 3.78. The molecule has 0 atom stereocenters. The number of rotatable bonds is 15. The number of aromatic nitrogens is 1. The highest BCUT2D eigenvalue weighted by Gasteiger charge is 2.22. The maximum absolute atomic E-state index is 13.6. The molecule has 0 radical (unpaired) electrons. The van der Waals surface area contributed by atoms with Crippen molar-refractivity contribution in [1.82, 2.24) is 4.57 Å². The van der Waals surface area contributed by atoms with Gasteiger partial charge in [0.25, 0.3) is 0 Å². The lowest BCUT2D eigenvalue weighted by molar-refractivity contribution is 0.103. The summed E-state index contributed by atoms with van der Waals surface area (Å²) in [5.41, 5.74) is 12.0. The van der Waals surface area contributed by atoms with Gasteiger partial charge in [0.05, 0.1) is 0 Å². The van der Waals surface area contributed by atoms with Crippen molar-refractivity contribution >= 4 is 79.1 Å². The first kappa shape index (κ1) is 45.7. The van der Waals surface area contributed by atoms with Gasteiger partial charge in [-0.2, -0.15) is 0 Å². The van der Waals surface area contributed by atoms with E-state index in [2.05, 4.69) is 57.7 Å². The molecule has 1 heterocycles. The Labute approximate surface area is 423 Å². The fraction of sp³-hybridized carbons (Fsp3) is 0.0303. The zero-order valence-electron chi connectivity index (χ0n) is 39.9. The van der Waals surface area contributed by atoms with Crippen LogP contribution >= 0.6 is 0 Å². The fourth-order valence-corrected chi connectivity index (χ4v) is 9.67. The van der Waals surface area contributed by atoms with Crippen LogP contribution in [0, 0.1) is 0 Å².